The molecule has 1 saturated heterocycles. The van der Waals surface area contributed by atoms with Gasteiger partial charge in [-0.15, -0.1) is 0 Å². The van der Waals surface area contributed by atoms with Crippen molar-refractivity contribution in [1.82, 2.24) is 10.2 Å². The molecule has 1 saturated carbocycles. The maximum Gasteiger partial charge on any atom is 0.239 e. The van der Waals surface area contributed by atoms with Gasteiger partial charge in [-0.1, -0.05) is 12.2 Å². The van der Waals surface area contributed by atoms with E-state index in [1.165, 1.54) is 12.8 Å². The Kier molecular flexibility index (Phi) is 3.41. The van der Waals surface area contributed by atoms with Gasteiger partial charge in [0.2, 0.25) is 5.91 Å². The van der Waals surface area contributed by atoms with Crippen LogP contribution in [-0.4, -0.2) is 36.0 Å². The molecule has 2 rings (SSSR count). The van der Waals surface area contributed by atoms with Crippen LogP contribution in [0.3, 0.4) is 0 Å². The van der Waals surface area contributed by atoms with Crippen LogP contribution in [0.15, 0.2) is 12.2 Å². The van der Waals surface area contributed by atoms with Gasteiger partial charge in [-0.05, 0) is 32.6 Å². The molecule has 0 aromatic carbocycles. The number of carbonyl (C=O) groups is 1. The number of carbonyl (C=O) groups excluding carboxylic acids is 1. The number of nitrogens with zero attached hydrogens (tertiary/aromatic N) is 1. The monoisotopic (exact) mass is 208 g/mol. The smallest absolute Gasteiger partial charge is 0.239 e. The van der Waals surface area contributed by atoms with Crippen molar-refractivity contribution in [2.45, 2.75) is 44.7 Å². The molecular formula is C12H20N2O. The zero-order valence-electron chi connectivity index (χ0n) is 9.41. The standard InChI is InChI=1S/C12H20N2O/c1-2-3-4-8-14-9-7-11(12(14)15)13-10-5-6-10/h2-3,10-11,13H,4-9H2,1H3/b3-2+. The summed E-state index contributed by atoms with van der Waals surface area (Å²) in [5.74, 6) is 0.311. The predicted octanol–water partition coefficient (Wildman–Crippen LogP) is 1.31. The van der Waals surface area contributed by atoms with Gasteiger partial charge in [0.05, 0.1) is 6.04 Å². The molecule has 1 N–H and O–H groups in total. The minimum Gasteiger partial charge on any atom is -0.341 e. The van der Waals surface area contributed by atoms with Crippen molar-refractivity contribution in [1.29, 1.82) is 0 Å². The van der Waals surface area contributed by atoms with E-state index in [0.717, 1.165) is 25.9 Å². The molecule has 84 valence electrons. The van der Waals surface area contributed by atoms with Crippen molar-refractivity contribution in [3.63, 3.8) is 0 Å². The van der Waals surface area contributed by atoms with E-state index in [9.17, 15) is 4.79 Å². The van der Waals surface area contributed by atoms with E-state index in [-0.39, 0.29) is 6.04 Å². The fourth-order valence-corrected chi connectivity index (χ4v) is 2.05. The van der Waals surface area contributed by atoms with Crippen molar-refractivity contribution in [3.8, 4) is 0 Å². The third-order valence-corrected chi connectivity index (χ3v) is 3.11. The lowest BCUT2D eigenvalue weighted by Gasteiger charge is -2.15. The summed E-state index contributed by atoms with van der Waals surface area (Å²) in [6.07, 6.45) is 8.64. The lowest BCUT2D eigenvalue weighted by atomic mass is 10.2. The van der Waals surface area contributed by atoms with Crippen LogP contribution in [-0.2, 0) is 4.79 Å². The van der Waals surface area contributed by atoms with E-state index in [1.54, 1.807) is 0 Å². The van der Waals surface area contributed by atoms with Crippen LogP contribution < -0.4 is 5.32 Å². The number of amides is 1. The Labute approximate surface area is 91.5 Å². The molecule has 0 radical (unpaired) electrons. The zero-order valence-corrected chi connectivity index (χ0v) is 9.41. The van der Waals surface area contributed by atoms with Crippen LogP contribution in [0, 0.1) is 0 Å². The maximum absolute atomic E-state index is 11.9. The first-order chi connectivity index (χ1) is 7.31. The van der Waals surface area contributed by atoms with Crippen molar-refractivity contribution in [2.75, 3.05) is 13.1 Å². The summed E-state index contributed by atoms with van der Waals surface area (Å²) in [6.45, 7) is 3.83. The van der Waals surface area contributed by atoms with Crippen LogP contribution in [0.25, 0.3) is 0 Å². The van der Waals surface area contributed by atoms with Crippen LogP contribution in [0.2, 0.25) is 0 Å². The lowest BCUT2D eigenvalue weighted by Crippen LogP contribution is -2.39. The largest absolute Gasteiger partial charge is 0.341 e. The number of allylic oxidation sites excluding steroid dienone is 1. The number of hydrogen-bond donors (Lipinski definition) is 1. The van der Waals surface area contributed by atoms with E-state index < -0.39 is 0 Å². The lowest BCUT2D eigenvalue weighted by molar-refractivity contribution is -0.129. The topological polar surface area (TPSA) is 32.3 Å². The molecule has 1 atom stereocenters. The summed E-state index contributed by atoms with van der Waals surface area (Å²) in [5.41, 5.74) is 0. The van der Waals surface area contributed by atoms with E-state index in [1.807, 2.05) is 17.9 Å². The third-order valence-electron chi connectivity index (χ3n) is 3.11. The number of rotatable bonds is 5. The third kappa shape index (κ3) is 2.81. The van der Waals surface area contributed by atoms with Crippen molar-refractivity contribution >= 4 is 5.91 Å². The first-order valence-corrected chi connectivity index (χ1v) is 5.97. The van der Waals surface area contributed by atoms with Gasteiger partial charge < -0.3 is 10.2 Å². The first kappa shape index (κ1) is 10.7. The van der Waals surface area contributed by atoms with Gasteiger partial charge in [0.25, 0.3) is 0 Å². The highest BCUT2D eigenvalue weighted by Gasteiger charge is 2.34. The molecule has 2 fully saturated rings. The summed E-state index contributed by atoms with van der Waals surface area (Å²) < 4.78 is 0. The minimum absolute atomic E-state index is 0.114. The van der Waals surface area contributed by atoms with Crippen LogP contribution >= 0.6 is 0 Å². The summed E-state index contributed by atoms with van der Waals surface area (Å²) in [7, 11) is 0. The van der Waals surface area contributed by atoms with Crippen molar-refractivity contribution < 1.29 is 4.79 Å². The number of hydrogen-bond acceptors (Lipinski definition) is 2. The SMILES string of the molecule is C/C=C/CCN1CCC(NC2CC2)C1=O. The fraction of sp³-hybridized carbons (Fsp3) is 0.750. The highest BCUT2D eigenvalue weighted by molar-refractivity contribution is 5.84. The Bertz CT molecular complexity index is 258. The molecule has 0 spiro atoms. The van der Waals surface area contributed by atoms with Crippen LogP contribution in [0.4, 0.5) is 0 Å². The molecular weight excluding hydrogens is 188 g/mol. The minimum atomic E-state index is 0.114. The fourth-order valence-electron chi connectivity index (χ4n) is 2.05. The highest BCUT2D eigenvalue weighted by atomic mass is 16.2. The summed E-state index contributed by atoms with van der Waals surface area (Å²) in [4.78, 5) is 13.9. The molecule has 1 aliphatic carbocycles. The van der Waals surface area contributed by atoms with E-state index in [2.05, 4.69) is 11.4 Å². The molecule has 0 bridgehead atoms. The van der Waals surface area contributed by atoms with Crippen LogP contribution in [0.5, 0.6) is 0 Å². The molecule has 0 aromatic heterocycles. The second-order valence-electron chi connectivity index (χ2n) is 4.47. The maximum atomic E-state index is 11.9. The molecule has 15 heavy (non-hydrogen) atoms. The first-order valence-electron chi connectivity index (χ1n) is 5.97. The van der Waals surface area contributed by atoms with Gasteiger partial charge in [-0.3, -0.25) is 4.79 Å². The Morgan fingerprint density at radius 3 is 2.93 bits per heavy atom. The average molecular weight is 208 g/mol. The highest BCUT2D eigenvalue weighted by Crippen LogP contribution is 2.22. The predicted molar refractivity (Wildman–Crippen MR) is 60.6 cm³/mol. The Balaban J connectivity index is 1.75. The van der Waals surface area contributed by atoms with Crippen LogP contribution in [0.1, 0.15) is 32.6 Å². The van der Waals surface area contributed by atoms with Gasteiger partial charge in [0.1, 0.15) is 0 Å². The average Bonchev–Trinajstić information content (AvgIpc) is 2.98. The van der Waals surface area contributed by atoms with Gasteiger partial charge >= 0.3 is 0 Å². The molecule has 1 amide bonds. The Hall–Kier alpha value is -0.830. The molecule has 1 unspecified atom stereocenters. The van der Waals surface area contributed by atoms with Crippen molar-refractivity contribution in [3.05, 3.63) is 12.2 Å². The summed E-state index contributed by atoms with van der Waals surface area (Å²) in [6, 6.07) is 0.748. The van der Waals surface area contributed by atoms with Gasteiger partial charge in [0, 0.05) is 19.1 Å². The van der Waals surface area contributed by atoms with Gasteiger partial charge in [-0.2, -0.15) is 0 Å². The zero-order chi connectivity index (χ0) is 10.7. The van der Waals surface area contributed by atoms with E-state index in [0.29, 0.717) is 11.9 Å². The molecule has 2 aliphatic rings. The molecule has 1 aliphatic heterocycles. The van der Waals surface area contributed by atoms with E-state index in [4.69, 9.17) is 0 Å². The summed E-state index contributed by atoms with van der Waals surface area (Å²) in [5, 5.41) is 3.41. The summed E-state index contributed by atoms with van der Waals surface area (Å²) >= 11 is 0. The van der Waals surface area contributed by atoms with Crippen molar-refractivity contribution in [2.24, 2.45) is 0 Å². The van der Waals surface area contributed by atoms with Gasteiger partial charge in [0.15, 0.2) is 0 Å². The number of nitrogens with one attached hydrogen (secondary N) is 1. The molecule has 0 aromatic rings. The molecule has 3 heteroatoms. The second-order valence-corrected chi connectivity index (χ2v) is 4.47. The van der Waals surface area contributed by atoms with Gasteiger partial charge in [-0.25, -0.2) is 0 Å². The number of likely N-dealkylation sites (tertiary alicyclic amines) is 1. The quantitative estimate of drug-likeness (QED) is 0.691. The Morgan fingerprint density at radius 1 is 1.47 bits per heavy atom. The Morgan fingerprint density at radius 2 is 2.27 bits per heavy atom. The molecule has 1 heterocycles. The molecule has 3 nitrogen and oxygen atoms in total. The van der Waals surface area contributed by atoms with E-state index >= 15 is 0 Å². The second kappa shape index (κ2) is 4.79. The normalized spacial score (nSPS) is 26.9.